The zero-order chi connectivity index (χ0) is 15.9. The lowest BCUT2D eigenvalue weighted by atomic mass is 10.5. The van der Waals surface area contributed by atoms with Gasteiger partial charge >= 0.3 is 0 Å². The predicted octanol–water partition coefficient (Wildman–Crippen LogP) is 2.11. The van der Waals surface area contributed by atoms with Crippen molar-refractivity contribution in [1.82, 2.24) is 9.97 Å². The van der Waals surface area contributed by atoms with Gasteiger partial charge in [0, 0.05) is 25.5 Å². The lowest BCUT2D eigenvalue weighted by Crippen LogP contribution is -2.33. The molecule has 0 saturated heterocycles. The van der Waals surface area contributed by atoms with E-state index < -0.39 is 10.0 Å². The maximum atomic E-state index is 12.3. The van der Waals surface area contributed by atoms with Gasteiger partial charge in [-0.3, -0.25) is 4.31 Å². The van der Waals surface area contributed by atoms with E-state index in [1.54, 1.807) is 19.3 Å². The lowest BCUT2D eigenvalue weighted by Gasteiger charge is -2.23. The van der Waals surface area contributed by atoms with Gasteiger partial charge in [-0.1, -0.05) is 0 Å². The second-order valence-corrected chi connectivity index (χ2v) is 6.83. The van der Waals surface area contributed by atoms with E-state index in [-0.39, 0.29) is 5.75 Å². The molecule has 0 unspecified atom stereocenters. The molecule has 8 heteroatoms. The molecule has 0 saturated carbocycles. The largest absolute Gasteiger partial charge is 0.341 e. The first-order valence-electron chi connectivity index (χ1n) is 7.13. The fraction of sp³-hybridized carbons (Fsp3) is 0.692. The fourth-order valence-electron chi connectivity index (χ4n) is 2.00. The number of anilines is 2. The summed E-state index contributed by atoms with van der Waals surface area (Å²) in [5, 5.41) is 0. The number of rotatable bonds is 9. The summed E-state index contributed by atoms with van der Waals surface area (Å²) in [4.78, 5) is 10.5. The van der Waals surface area contributed by atoms with Crippen LogP contribution in [0, 0.1) is 0 Å². The highest BCUT2D eigenvalue weighted by Crippen LogP contribution is 2.18. The summed E-state index contributed by atoms with van der Waals surface area (Å²) in [6.45, 7) is 7.79. The number of sulfonamides is 1. The average Bonchev–Trinajstić information content (AvgIpc) is 2.48. The van der Waals surface area contributed by atoms with Crippen molar-refractivity contribution in [1.29, 1.82) is 0 Å². The molecule has 1 heterocycles. The molecule has 0 aliphatic carbocycles. The molecule has 0 radical (unpaired) electrons. The second-order valence-electron chi connectivity index (χ2n) is 4.44. The van der Waals surface area contributed by atoms with Crippen LogP contribution in [0.25, 0.3) is 0 Å². The fourth-order valence-corrected chi connectivity index (χ4v) is 3.83. The highest BCUT2D eigenvalue weighted by molar-refractivity contribution is 7.92. The minimum Gasteiger partial charge on any atom is -0.341 e. The highest BCUT2D eigenvalue weighted by atomic mass is 35.5. The van der Waals surface area contributed by atoms with Crippen molar-refractivity contribution in [2.75, 3.05) is 40.5 Å². The Morgan fingerprint density at radius 1 is 1.10 bits per heavy atom. The van der Waals surface area contributed by atoms with Crippen LogP contribution in [0.4, 0.5) is 11.6 Å². The SMILES string of the molecule is CCN(CC)c1ncc(N(CC)S(=O)(=O)CCCCl)cn1. The Balaban J connectivity index is 2.97. The van der Waals surface area contributed by atoms with Crippen molar-refractivity contribution in [2.45, 2.75) is 27.2 Å². The van der Waals surface area contributed by atoms with Crippen molar-refractivity contribution < 1.29 is 8.42 Å². The van der Waals surface area contributed by atoms with Crippen LogP contribution in [0.1, 0.15) is 27.2 Å². The van der Waals surface area contributed by atoms with Gasteiger partial charge in [0.1, 0.15) is 0 Å². The molecule has 21 heavy (non-hydrogen) atoms. The first-order chi connectivity index (χ1) is 10.00. The van der Waals surface area contributed by atoms with Crippen LogP contribution in [0.5, 0.6) is 0 Å². The molecule has 0 fully saturated rings. The van der Waals surface area contributed by atoms with Gasteiger partial charge in [0.25, 0.3) is 0 Å². The molecular formula is C13H23ClN4O2S. The molecule has 0 aromatic carbocycles. The Morgan fingerprint density at radius 2 is 1.67 bits per heavy atom. The Labute approximate surface area is 132 Å². The summed E-state index contributed by atoms with van der Waals surface area (Å²) in [5.41, 5.74) is 0.489. The van der Waals surface area contributed by atoms with Gasteiger partial charge in [-0.15, -0.1) is 11.6 Å². The number of aromatic nitrogens is 2. The zero-order valence-electron chi connectivity index (χ0n) is 12.8. The van der Waals surface area contributed by atoms with Gasteiger partial charge in [-0.25, -0.2) is 18.4 Å². The Kier molecular flexibility index (Phi) is 7.17. The van der Waals surface area contributed by atoms with Gasteiger partial charge < -0.3 is 4.90 Å². The van der Waals surface area contributed by atoms with E-state index in [4.69, 9.17) is 11.6 Å². The third-order valence-electron chi connectivity index (χ3n) is 3.12. The molecule has 1 aromatic heterocycles. The minimum atomic E-state index is -3.38. The molecule has 0 aliphatic heterocycles. The number of hydrogen-bond donors (Lipinski definition) is 0. The maximum absolute atomic E-state index is 12.3. The summed E-state index contributed by atoms with van der Waals surface area (Å²) >= 11 is 5.58. The molecule has 0 spiro atoms. The molecular weight excluding hydrogens is 312 g/mol. The second kappa shape index (κ2) is 8.38. The average molecular weight is 335 g/mol. The van der Waals surface area contributed by atoms with E-state index >= 15 is 0 Å². The van der Waals surface area contributed by atoms with Crippen LogP contribution in [-0.4, -0.2) is 49.7 Å². The standard InChI is InChI=1S/C13H23ClN4O2S/c1-4-17(5-2)13-15-10-12(11-16-13)18(6-3)21(19,20)9-7-8-14/h10-11H,4-9H2,1-3H3. The monoisotopic (exact) mass is 334 g/mol. The normalized spacial score (nSPS) is 11.4. The smallest absolute Gasteiger partial charge is 0.235 e. The molecule has 0 N–H and O–H groups in total. The van der Waals surface area contributed by atoms with E-state index in [1.807, 2.05) is 18.7 Å². The molecule has 1 rings (SSSR count). The topological polar surface area (TPSA) is 66.4 Å². The summed E-state index contributed by atoms with van der Waals surface area (Å²) in [5.74, 6) is 0.967. The van der Waals surface area contributed by atoms with Crippen LogP contribution in [-0.2, 0) is 10.0 Å². The van der Waals surface area contributed by atoms with E-state index in [1.165, 1.54) is 4.31 Å². The van der Waals surface area contributed by atoms with Crippen molar-refractivity contribution in [3.05, 3.63) is 12.4 Å². The molecule has 0 atom stereocenters. The van der Waals surface area contributed by atoms with E-state index in [0.717, 1.165) is 13.1 Å². The third-order valence-corrected chi connectivity index (χ3v) is 5.33. The summed E-state index contributed by atoms with van der Waals surface area (Å²) in [6, 6.07) is 0. The van der Waals surface area contributed by atoms with E-state index in [0.29, 0.717) is 30.5 Å². The van der Waals surface area contributed by atoms with Crippen molar-refractivity contribution in [2.24, 2.45) is 0 Å². The molecule has 120 valence electrons. The van der Waals surface area contributed by atoms with Gasteiger partial charge in [0.2, 0.25) is 16.0 Å². The van der Waals surface area contributed by atoms with Gasteiger partial charge in [-0.05, 0) is 27.2 Å². The maximum Gasteiger partial charge on any atom is 0.235 e. The number of alkyl halides is 1. The van der Waals surface area contributed by atoms with Crippen LogP contribution < -0.4 is 9.21 Å². The first-order valence-corrected chi connectivity index (χ1v) is 9.27. The predicted molar refractivity (Wildman–Crippen MR) is 87.7 cm³/mol. The highest BCUT2D eigenvalue weighted by Gasteiger charge is 2.21. The third kappa shape index (κ3) is 4.71. The van der Waals surface area contributed by atoms with Crippen LogP contribution in [0.2, 0.25) is 0 Å². The molecule has 6 nitrogen and oxygen atoms in total. The van der Waals surface area contributed by atoms with Crippen LogP contribution in [0.15, 0.2) is 12.4 Å². The lowest BCUT2D eigenvalue weighted by molar-refractivity contribution is 0.590. The van der Waals surface area contributed by atoms with Gasteiger partial charge in [-0.2, -0.15) is 0 Å². The van der Waals surface area contributed by atoms with E-state index in [2.05, 4.69) is 9.97 Å². The van der Waals surface area contributed by atoms with Crippen molar-refractivity contribution in [3.63, 3.8) is 0 Å². The summed E-state index contributed by atoms with van der Waals surface area (Å²) in [7, 11) is -3.38. The molecule has 1 aromatic rings. The number of halogens is 1. The van der Waals surface area contributed by atoms with Gasteiger partial charge in [0.05, 0.1) is 23.8 Å². The number of nitrogens with zero attached hydrogens (tertiary/aromatic N) is 4. The van der Waals surface area contributed by atoms with Crippen LogP contribution in [0.3, 0.4) is 0 Å². The summed E-state index contributed by atoms with van der Waals surface area (Å²) < 4.78 is 25.8. The summed E-state index contributed by atoms with van der Waals surface area (Å²) in [6.07, 6.45) is 3.55. The first kappa shape index (κ1) is 18.0. The van der Waals surface area contributed by atoms with Gasteiger partial charge in [0.15, 0.2) is 0 Å². The minimum absolute atomic E-state index is 0.0299. The molecule has 0 aliphatic rings. The number of hydrogen-bond acceptors (Lipinski definition) is 5. The Morgan fingerprint density at radius 3 is 2.10 bits per heavy atom. The zero-order valence-corrected chi connectivity index (χ0v) is 14.4. The van der Waals surface area contributed by atoms with Crippen molar-refractivity contribution in [3.8, 4) is 0 Å². The Bertz CT molecular complexity index is 517. The molecule has 0 amide bonds. The van der Waals surface area contributed by atoms with E-state index in [9.17, 15) is 8.42 Å². The Hall–Kier alpha value is -1.08. The van der Waals surface area contributed by atoms with Crippen molar-refractivity contribution >= 4 is 33.3 Å². The molecule has 0 bridgehead atoms. The quantitative estimate of drug-likeness (QED) is 0.647. The van der Waals surface area contributed by atoms with Crippen LogP contribution >= 0.6 is 11.6 Å².